The summed E-state index contributed by atoms with van der Waals surface area (Å²) in [6.45, 7) is 3.98. The second kappa shape index (κ2) is 10.1. The van der Waals surface area contributed by atoms with E-state index in [2.05, 4.69) is 28.6 Å². The van der Waals surface area contributed by atoms with Gasteiger partial charge in [0, 0.05) is 5.75 Å². The quantitative estimate of drug-likeness (QED) is 0.217. The molecular formula is C13H24N4O6S. The molecule has 0 aromatic heterocycles. The summed E-state index contributed by atoms with van der Waals surface area (Å²) in [6.07, 6.45) is -1.09. The minimum atomic E-state index is -1.22. The predicted octanol–water partition coefficient (Wildman–Crippen LogP) is -2.80. The summed E-state index contributed by atoms with van der Waals surface area (Å²) in [5, 5.41) is 24.8. The molecule has 0 heterocycles. The van der Waals surface area contributed by atoms with E-state index in [9.17, 15) is 24.3 Å². The summed E-state index contributed by atoms with van der Waals surface area (Å²) < 4.78 is 0. The number of carbonyl (C=O) groups is 4. The molecule has 5 unspecified atom stereocenters. The van der Waals surface area contributed by atoms with Crippen molar-refractivity contribution in [2.75, 3.05) is 5.75 Å². The lowest BCUT2D eigenvalue weighted by Crippen LogP contribution is -2.57. The van der Waals surface area contributed by atoms with Crippen molar-refractivity contribution in [2.45, 2.75) is 51.0 Å². The van der Waals surface area contributed by atoms with Crippen molar-refractivity contribution in [3.05, 3.63) is 0 Å². The molecule has 0 bridgehead atoms. The zero-order chi connectivity index (χ0) is 19.0. The minimum Gasteiger partial charge on any atom is -0.480 e. The van der Waals surface area contributed by atoms with Gasteiger partial charge >= 0.3 is 5.97 Å². The van der Waals surface area contributed by atoms with Gasteiger partial charge in [-0.1, -0.05) is 0 Å². The number of thiol groups is 1. The molecule has 0 rings (SSSR count). The first-order chi connectivity index (χ1) is 11.0. The Morgan fingerprint density at radius 1 is 0.958 bits per heavy atom. The van der Waals surface area contributed by atoms with E-state index in [1.165, 1.54) is 20.8 Å². The first-order valence-corrected chi connectivity index (χ1v) is 7.82. The first-order valence-electron chi connectivity index (χ1n) is 7.19. The van der Waals surface area contributed by atoms with E-state index >= 15 is 0 Å². The van der Waals surface area contributed by atoms with Gasteiger partial charge in [0.2, 0.25) is 17.7 Å². The van der Waals surface area contributed by atoms with Crippen LogP contribution in [0.1, 0.15) is 20.8 Å². The van der Waals surface area contributed by atoms with Crippen LogP contribution >= 0.6 is 12.6 Å². The molecule has 0 radical (unpaired) electrons. The molecule has 0 saturated heterocycles. The van der Waals surface area contributed by atoms with E-state index in [1.807, 2.05) is 0 Å². The molecule has 3 amide bonds. The maximum absolute atomic E-state index is 12.0. The van der Waals surface area contributed by atoms with Gasteiger partial charge in [0.1, 0.15) is 24.2 Å². The number of hydrogen-bond donors (Lipinski definition) is 7. The van der Waals surface area contributed by atoms with Crippen molar-refractivity contribution >= 4 is 36.3 Å². The zero-order valence-electron chi connectivity index (χ0n) is 13.6. The molecule has 0 aliphatic rings. The molecule has 0 aromatic carbocycles. The number of nitrogens with one attached hydrogen (secondary N) is 3. The summed E-state index contributed by atoms with van der Waals surface area (Å²) in [7, 11) is 0. The Labute approximate surface area is 144 Å². The van der Waals surface area contributed by atoms with Crippen molar-refractivity contribution in [1.29, 1.82) is 0 Å². The molecule has 11 heteroatoms. The molecule has 138 valence electrons. The van der Waals surface area contributed by atoms with Crippen LogP contribution in [-0.2, 0) is 19.2 Å². The summed E-state index contributed by atoms with van der Waals surface area (Å²) in [5.74, 6) is -3.41. The van der Waals surface area contributed by atoms with Crippen LogP contribution in [0.15, 0.2) is 0 Å². The van der Waals surface area contributed by atoms with Crippen LogP contribution in [0.4, 0.5) is 0 Å². The van der Waals surface area contributed by atoms with Crippen molar-refractivity contribution in [1.82, 2.24) is 16.0 Å². The molecule has 0 spiro atoms. The Bertz CT molecular complexity index is 487. The minimum absolute atomic E-state index is 0.0717. The number of carboxylic acids is 1. The molecule has 24 heavy (non-hydrogen) atoms. The van der Waals surface area contributed by atoms with Crippen molar-refractivity contribution < 1.29 is 29.4 Å². The highest BCUT2D eigenvalue weighted by molar-refractivity contribution is 7.80. The Morgan fingerprint density at radius 2 is 1.46 bits per heavy atom. The van der Waals surface area contributed by atoms with Crippen LogP contribution in [-0.4, -0.2) is 69.9 Å². The lowest BCUT2D eigenvalue weighted by atomic mass is 10.1. The summed E-state index contributed by atoms with van der Waals surface area (Å²) in [4.78, 5) is 46.3. The number of rotatable bonds is 9. The van der Waals surface area contributed by atoms with E-state index < -0.39 is 54.0 Å². The number of hydrogen-bond acceptors (Lipinski definition) is 7. The van der Waals surface area contributed by atoms with Gasteiger partial charge in [0.05, 0.1) is 6.10 Å². The predicted molar refractivity (Wildman–Crippen MR) is 88.3 cm³/mol. The molecule has 0 aliphatic carbocycles. The van der Waals surface area contributed by atoms with Gasteiger partial charge in [0.25, 0.3) is 0 Å². The monoisotopic (exact) mass is 364 g/mol. The van der Waals surface area contributed by atoms with Gasteiger partial charge in [-0.05, 0) is 20.8 Å². The fourth-order valence-electron chi connectivity index (χ4n) is 1.46. The summed E-state index contributed by atoms with van der Waals surface area (Å²) in [5.41, 5.74) is 5.44. The smallest absolute Gasteiger partial charge is 0.325 e. The lowest BCUT2D eigenvalue weighted by molar-refractivity contribution is -0.141. The standard InChI is InChI=1S/C13H24N4O6S/c1-5(15-12(21)9(14)7(3)18)10(19)17-8(4-24)11(20)16-6(2)13(22)23/h5-9,18,24H,4,14H2,1-3H3,(H,15,21)(H,16,20)(H,17,19)(H,22,23). The van der Waals surface area contributed by atoms with Crippen LogP contribution in [0.2, 0.25) is 0 Å². The molecular weight excluding hydrogens is 340 g/mol. The topological polar surface area (TPSA) is 171 Å². The van der Waals surface area contributed by atoms with Crippen LogP contribution in [0.3, 0.4) is 0 Å². The highest BCUT2D eigenvalue weighted by atomic mass is 32.1. The number of aliphatic hydroxyl groups excluding tert-OH is 1. The van der Waals surface area contributed by atoms with Crippen LogP contribution in [0.5, 0.6) is 0 Å². The molecule has 10 nitrogen and oxygen atoms in total. The Morgan fingerprint density at radius 3 is 1.88 bits per heavy atom. The number of carboxylic acid groups (broad SMARTS) is 1. The number of nitrogens with two attached hydrogens (primary N) is 1. The van der Waals surface area contributed by atoms with Crippen LogP contribution < -0.4 is 21.7 Å². The molecule has 0 fully saturated rings. The fraction of sp³-hybridized carbons (Fsp3) is 0.692. The maximum atomic E-state index is 12.0. The highest BCUT2D eigenvalue weighted by Gasteiger charge is 2.27. The number of carbonyl (C=O) groups excluding carboxylic acids is 3. The number of aliphatic carboxylic acids is 1. The van der Waals surface area contributed by atoms with Crippen molar-refractivity contribution in [3.8, 4) is 0 Å². The average molecular weight is 364 g/mol. The molecule has 7 N–H and O–H groups in total. The molecule has 0 aromatic rings. The molecule has 5 atom stereocenters. The van der Waals surface area contributed by atoms with Gasteiger partial charge in [0.15, 0.2) is 0 Å². The van der Waals surface area contributed by atoms with Gasteiger partial charge in [-0.15, -0.1) is 0 Å². The first kappa shape index (κ1) is 22.1. The molecule has 0 saturated carbocycles. The average Bonchev–Trinajstić information content (AvgIpc) is 2.50. The van der Waals surface area contributed by atoms with E-state index in [0.717, 1.165) is 0 Å². The van der Waals surface area contributed by atoms with E-state index in [0.29, 0.717) is 0 Å². The van der Waals surface area contributed by atoms with Crippen LogP contribution in [0, 0.1) is 0 Å². The van der Waals surface area contributed by atoms with Gasteiger partial charge in [-0.25, -0.2) is 0 Å². The van der Waals surface area contributed by atoms with Gasteiger partial charge in [-0.3, -0.25) is 19.2 Å². The third-order valence-electron chi connectivity index (χ3n) is 3.12. The lowest BCUT2D eigenvalue weighted by Gasteiger charge is -2.22. The summed E-state index contributed by atoms with van der Waals surface area (Å²) in [6, 6.07) is -4.42. The van der Waals surface area contributed by atoms with Gasteiger partial charge < -0.3 is 31.9 Å². The van der Waals surface area contributed by atoms with E-state index in [-0.39, 0.29) is 5.75 Å². The largest absolute Gasteiger partial charge is 0.480 e. The van der Waals surface area contributed by atoms with E-state index in [1.54, 1.807) is 0 Å². The SMILES string of the molecule is CC(NC(=O)C(CS)NC(=O)C(C)NC(=O)C(N)C(C)O)C(=O)O. The number of aliphatic hydroxyl groups is 1. The third kappa shape index (κ3) is 7.15. The summed E-state index contributed by atoms with van der Waals surface area (Å²) >= 11 is 3.94. The zero-order valence-corrected chi connectivity index (χ0v) is 14.5. The van der Waals surface area contributed by atoms with Crippen molar-refractivity contribution in [2.24, 2.45) is 5.73 Å². The highest BCUT2D eigenvalue weighted by Crippen LogP contribution is 1.95. The third-order valence-corrected chi connectivity index (χ3v) is 3.48. The van der Waals surface area contributed by atoms with E-state index in [4.69, 9.17) is 10.8 Å². The Kier molecular flexibility index (Phi) is 9.33. The molecule has 0 aliphatic heterocycles. The fourth-order valence-corrected chi connectivity index (χ4v) is 1.72. The normalized spacial score (nSPS) is 16.9. The number of amides is 3. The Balaban J connectivity index is 4.66. The van der Waals surface area contributed by atoms with Gasteiger partial charge in [-0.2, -0.15) is 12.6 Å². The van der Waals surface area contributed by atoms with Crippen molar-refractivity contribution in [3.63, 3.8) is 0 Å². The maximum Gasteiger partial charge on any atom is 0.325 e. The second-order valence-corrected chi connectivity index (χ2v) is 5.67. The second-order valence-electron chi connectivity index (χ2n) is 5.31. The Hall–Kier alpha value is -1.85. The van der Waals surface area contributed by atoms with Crippen LogP contribution in [0.25, 0.3) is 0 Å².